The number of nitrogens with zero attached hydrogens (tertiary/aromatic N) is 2. The van der Waals surface area contributed by atoms with Crippen LogP contribution < -0.4 is 5.43 Å². The van der Waals surface area contributed by atoms with Crippen LogP contribution in [0, 0.1) is 0 Å². The lowest BCUT2D eigenvalue weighted by Gasteiger charge is -1.62. The third-order valence-electron chi connectivity index (χ3n) is 0.372. The van der Waals surface area contributed by atoms with Crippen LogP contribution in [-0.2, 0) is 0 Å². The Balaban J connectivity index is 0.000000250. The lowest BCUT2D eigenvalue weighted by molar-refractivity contribution is 0.977. The summed E-state index contributed by atoms with van der Waals surface area (Å²) < 4.78 is 0. The van der Waals surface area contributed by atoms with Crippen molar-refractivity contribution in [2.24, 2.45) is 5.10 Å². The van der Waals surface area contributed by atoms with E-state index in [0.717, 1.165) is 0 Å². The van der Waals surface area contributed by atoms with E-state index < -0.39 is 0 Å². The highest BCUT2D eigenvalue weighted by Gasteiger charge is 1.72. The Morgan fingerprint density at radius 2 is 2.60 bits per heavy atom. The minimum Gasteiger partial charge on any atom is -0.159 e. The van der Waals surface area contributed by atoms with Crippen molar-refractivity contribution in [3.05, 3.63) is 12.3 Å². The van der Waals surface area contributed by atoms with Gasteiger partial charge >= 0.3 is 1.43 Å². The van der Waals surface area contributed by atoms with Gasteiger partial charge < -0.3 is 0 Å². The van der Waals surface area contributed by atoms with Crippen molar-refractivity contribution in [1.82, 2.24) is 5.43 Å². The van der Waals surface area contributed by atoms with Gasteiger partial charge in [-0.1, -0.05) is 0 Å². The molecule has 2 heteroatoms. The number of hydrogen-bond acceptors (Lipinski definition) is 1. The zero-order valence-corrected chi connectivity index (χ0v) is 2.63. The summed E-state index contributed by atoms with van der Waals surface area (Å²) in [5.74, 6) is 0. The van der Waals surface area contributed by atoms with Gasteiger partial charge in [0.25, 0.3) is 0 Å². The highest BCUT2D eigenvalue weighted by atomic mass is 15.3. The summed E-state index contributed by atoms with van der Waals surface area (Å²) >= 11 is 0. The number of allylic oxidation sites excluding steroid dienone is 1. The van der Waals surface area contributed by atoms with E-state index in [-0.39, 0.29) is 1.43 Å². The molecule has 0 saturated carbocycles. The van der Waals surface area contributed by atoms with Crippen LogP contribution in [0.3, 0.4) is 0 Å². The second kappa shape index (κ2) is 0.885. The smallest absolute Gasteiger partial charge is 0.159 e. The van der Waals surface area contributed by atoms with Crippen molar-refractivity contribution in [1.29, 1.82) is 0 Å². The van der Waals surface area contributed by atoms with Crippen LogP contribution in [0.25, 0.3) is 0 Å². The predicted molar refractivity (Wildman–Crippen MR) is 20.9 cm³/mol. The maximum Gasteiger partial charge on any atom is 1.00 e. The second-order valence-electron chi connectivity index (χ2n) is 0.722. The van der Waals surface area contributed by atoms with Gasteiger partial charge in [-0.25, -0.2) is 0 Å². The van der Waals surface area contributed by atoms with Crippen LogP contribution in [0.15, 0.2) is 17.4 Å². The molecule has 1 radical (unpaired) electrons. The first kappa shape index (κ1) is 2.45. The fourth-order valence-electron chi connectivity index (χ4n) is 0.192. The molecule has 0 N–H and O–H groups in total. The fraction of sp³-hybridized carbons (Fsp3) is 0. The molecule has 0 atom stereocenters. The molecule has 1 aliphatic heterocycles. The molecule has 0 amide bonds. The van der Waals surface area contributed by atoms with Gasteiger partial charge in [0.1, 0.15) is 0 Å². The van der Waals surface area contributed by atoms with Gasteiger partial charge in [0.05, 0.1) is 12.4 Å². The van der Waals surface area contributed by atoms with Gasteiger partial charge in [0, 0.05) is 0 Å². The molecule has 0 spiro atoms. The number of rotatable bonds is 0. The summed E-state index contributed by atoms with van der Waals surface area (Å²) in [6, 6.07) is 0. The molecule has 0 aromatic heterocycles. The highest BCUT2D eigenvalue weighted by Crippen LogP contribution is 1.73. The summed E-state index contributed by atoms with van der Waals surface area (Å²) in [6.45, 7) is 0. The van der Waals surface area contributed by atoms with Gasteiger partial charge in [-0.05, 0) is 6.08 Å². The molecule has 0 aliphatic carbocycles. The topological polar surface area (TPSA) is 26.5 Å². The Kier molecular flexibility index (Phi) is 0.433. The molecular weight excluding hydrogens is 64.0 g/mol. The van der Waals surface area contributed by atoms with Crippen LogP contribution in [0.5, 0.6) is 0 Å². The summed E-state index contributed by atoms with van der Waals surface area (Å²) in [6.07, 6.45) is 5.06. The monoisotopic (exact) mass is 68.0 g/mol. The molecule has 0 fully saturated rings. The Hall–Kier alpha value is -0.790. The minimum absolute atomic E-state index is 0. The van der Waals surface area contributed by atoms with E-state index in [2.05, 4.69) is 10.5 Å². The Labute approximate surface area is 31.7 Å². The molecule has 0 aromatic carbocycles. The molecule has 1 rings (SSSR count). The average Bonchev–Trinajstić information content (AvgIpc) is 1.76. The van der Waals surface area contributed by atoms with E-state index in [1.165, 1.54) is 0 Å². The van der Waals surface area contributed by atoms with E-state index in [1.807, 2.05) is 0 Å². The molecule has 0 bridgehead atoms. The van der Waals surface area contributed by atoms with Crippen molar-refractivity contribution < 1.29 is 1.43 Å². The SMILES string of the molecule is C1=C[N]N=C1.[H+]. The zero-order chi connectivity index (χ0) is 3.54. The van der Waals surface area contributed by atoms with Gasteiger partial charge in [0.2, 0.25) is 0 Å². The molecular formula is C3H4N2+. The summed E-state index contributed by atoms with van der Waals surface area (Å²) in [5.41, 5.74) is 3.47. The first-order chi connectivity index (χ1) is 2.50. The van der Waals surface area contributed by atoms with Gasteiger partial charge in [-0.15, -0.1) is 0 Å². The van der Waals surface area contributed by atoms with E-state index in [4.69, 9.17) is 0 Å². The van der Waals surface area contributed by atoms with Gasteiger partial charge in [0.15, 0.2) is 0 Å². The second-order valence-corrected chi connectivity index (χ2v) is 0.722. The fourth-order valence-corrected chi connectivity index (χ4v) is 0.192. The van der Waals surface area contributed by atoms with Crippen LogP contribution >= 0.6 is 0 Å². The average molecular weight is 68.1 g/mol. The van der Waals surface area contributed by atoms with Crippen molar-refractivity contribution in [2.45, 2.75) is 0 Å². The normalized spacial score (nSPS) is 16.0. The van der Waals surface area contributed by atoms with Crippen LogP contribution in [0.1, 0.15) is 1.43 Å². The van der Waals surface area contributed by atoms with Crippen LogP contribution in [0.4, 0.5) is 0 Å². The minimum atomic E-state index is 0. The van der Waals surface area contributed by atoms with Gasteiger partial charge in [-0.3, -0.25) is 0 Å². The molecule has 1 heterocycles. The predicted octanol–water partition coefficient (Wildman–Crippen LogP) is 0.216. The van der Waals surface area contributed by atoms with Gasteiger partial charge in [-0.2, -0.15) is 10.5 Å². The summed E-state index contributed by atoms with van der Waals surface area (Å²) in [4.78, 5) is 0. The van der Waals surface area contributed by atoms with Crippen LogP contribution in [0.2, 0.25) is 0 Å². The molecule has 0 saturated heterocycles. The molecule has 25 valence electrons. The van der Waals surface area contributed by atoms with Crippen molar-refractivity contribution in [3.8, 4) is 0 Å². The largest absolute Gasteiger partial charge is 1.00 e. The first-order valence-corrected chi connectivity index (χ1v) is 1.38. The van der Waals surface area contributed by atoms with Crippen molar-refractivity contribution in [2.75, 3.05) is 0 Å². The standard InChI is InChI=1S/C3H3N2/c1-2-4-5-3-1/h1-3H/p+1. The summed E-state index contributed by atoms with van der Waals surface area (Å²) in [7, 11) is 0. The summed E-state index contributed by atoms with van der Waals surface area (Å²) in [5, 5.41) is 3.47. The lowest BCUT2D eigenvalue weighted by Crippen LogP contribution is -1.69. The maximum absolute atomic E-state index is 3.47. The highest BCUT2D eigenvalue weighted by molar-refractivity contribution is 5.72. The van der Waals surface area contributed by atoms with E-state index >= 15 is 0 Å². The van der Waals surface area contributed by atoms with E-state index in [9.17, 15) is 0 Å². The molecule has 5 heavy (non-hydrogen) atoms. The lowest BCUT2D eigenvalue weighted by atomic mass is 10.7. The Morgan fingerprint density at radius 3 is 2.80 bits per heavy atom. The molecule has 0 unspecified atom stereocenters. The third-order valence-corrected chi connectivity index (χ3v) is 0.372. The Bertz CT molecular complexity index is 66.9. The Morgan fingerprint density at radius 1 is 1.60 bits per heavy atom. The first-order valence-electron chi connectivity index (χ1n) is 1.38. The molecule has 0 aromatic rings. The maximum atomic E-state index is 3.47. The third kappa shape index (κ3) is 0.265. The number of hydrogen-bond donors (Lipinski definition) is 0. The van der Waals surface area contributed by atoms with Crippen molar-refractivity contribution >= 4 is 6.21 Å². The van der Waals surface area contributed by atoms with E-state index in [0.29, 0.717) is 0 Å². The zero-order valence-electron chi connectivity index (χ0n) is 3.63. The van der Waals surface area contributed by atoms with Crippen molar-refractivity contribution in [3.63, 3.8) is 0 Å². The van der Waals surface area contributed by atoms with E-state index in [1.54, 1.807) is 18.5 Å². The molecule has 2 nitrogen and oxygen atoms in total. The quantitative estimate of drug-likeness (QED) is 0.388. The van der Waals surface area contributed by atoms with Crippen LogP contribution in [-0.4, -0.2) is 6.21 Å². The molecule has 1 aliphatic rings.